The van der Waals surface area contributed by atoms with E-state index in [1.165, 1.54) is 24.8 Å². The number of aliphatic imine (C=N–C) groups is 1. The number of nitrogens with one attached hydrogen (secondary N) is 1. The first-order chi connectivity index (χ1) is 9.22. The zero-order chi connectivity index (χ0) is 13.2. The van der Waals surface area contributed by atoms with Gasteiger partial charge in [-0.3, -0.25) is 4.99 Å². The Hall–Kier alpha value is -0.300. The highest BCUT2D eigenvalue weighted by Crippen LogP contribution is 2.40. The number of guanidine groups is 1. The maximum absolute atomic E-state index is 5.94. The summed E-state index contributed by atoms with van der Waals surface area (Å²) in [4.78, 5) is 4.44. The Morgan fingerprint density at radius 3 is 2.60 bits per heavy atom. The van der Waals surface area contributed by atoms with Crippen LogP contribution in [0, 0.1) is 5.92 Å². The Balaban J connectivity index is 0.00000147. The van der Waals surface area contributed by atoms with Crippen LogP contribution in [0.4, 0.5) is 0 Å². The van der Waals surface area contributed by atoms with E-state index in [1.54, 1.807) is 0 Å². The molecule has 2 aliphatic carbocycles. The van der Waals surface area contributed by atoms with Crippen LogP contribution < -0.4 is 11.1 Å². The summed E-state index contributed by atoms with van der Waals surface area (Å²) in [6.07, 6.45) is 5.16. The van der Waals surface area contributed by atoms with Gasteiger partial charge in [0.15, 0.2) is 5.96 Å². The van der Waals surface area contributed by atoms with E-state index in [9.17, 15) is 0 Å². The van der Waals surface area contributed by atoms with Crippen molar-refractivity contribution >= 4 is 45.9 Å². The van der Waals surface area contributed by atoms with Gasteiger partial charge in [-0.25, -0.2) is 0 Å². The summed E-state index contributed by atoms with van der Waals surface area (Å²) in [5.41, 5.74) is 7.32. The van der Waals surface area contributed by atoms with Crippen LogP contribution in [0.1, 0.15) is 37.2 Å². The van der Waals surface area contributed by atoms with Crippen LogP contribution in [0.2, 0.25) is 0 Å². The molecular weight excluding hydrogens is 429 g/mol. The minimum atomic E-state index is 0. The molecule has 20 heavy (non-hydrogen) atoms. The summed E-state index contributed by atoms with van der Waals surface area (Å²) in [7, 11) is 0. The van der Waals surface area contributed by atoms with E-state index in [2.05, 4.69) is 50.5 Å². The Kier molecular flexibility index (Phi) is 5.72. The second kappa shape index (κ2) is 7.11. The van der Waals surface area contributed by atoms with Crippen molar-refractivity contribution in [2.45, 2.75) is 37.6 Å². The van der Waals surface area contributed by atoms with Crippen LogP contribution in [-0.4, -0.2) is 18.5 Å². The number of nitrogens with zero attached hydrogens (tertiary/aromatic N) is 1. The maximum Gasteiger partial charge on any atom is 0.188 e. The second-order valence-corrected chi connectivity index (χ2v) is 6.58. The predicted octanol–water partition coefficient (Wildman–Crippen LogP) is 3.63. The van der Waals surface area contributed by atoms with E-state index < -0.39 is 0 Å². The standard InChI is InChI=1S/C15H20BrN3.HI/c16-12-6-4-11(5-7-12)13-8-14(13)19-15(17)18-9-10-2-1-3-10;/h4-7,10,13-14H,1-3,8-9H2,(H3,17,18,19);1H/t13-,14+;/m0./s1. The van der Waals surface area contributed by atoms with Gasteiger partial charge >= 0.3 is 0 Å². The van der Waals surface area contributed by atoms with E-state index in [0.29, 0.717) is 17.9 Å². The first kappa shape index (κ1) is 16.1. The normalized spacial score (nSPS) is 25.6. The van der Waals surface area contributed by atoms with Crippen molar-refractivity contribution in [3.8, 4) is 0 Å². The highest BCUT2D eigenvalue weighted by molar-refractivity contribution is 14.0. The summed E-state index contributed by atoms with van der Waals surface area (Å²) < 4.78 is 1.13. The molecule has 0 bridgehead atoms. The van der Waals surface area contributed by atoms with Gasteiger partial charge in [0.2, 0.25) is 0 Å². The van der Waals surface area contributed by atoms with E-state index >= 15 is 0 Å². The molecule has 0 unspecified atom stereocenters. The van der Waals surface area contributed by atoms with Crippen LogP contribution in [0.5, 0.6) is 0 Å². The van der Waals surface area contributed by atoms with Crippen molar-refractivity contribution in [3.05, 3.63) is 34.3 Å². The van der Waals surface area contributed by atoms with Crippen LogP contribution >= 0.6 is 39.9 Å². The fourth-order valence-corrected chi connectivity index (χ4v) is 2.84. The molecule has 110 valence electrons. The third-order valence-corrected chi connectivity index (χ3v) is 4.70. The first-order valence-electron chi connectivity index (χ1n) is 7.04. The number of halogens is 2. The molecule has 1 aromatic rings. The van der Waals surface area contributed by atoms with Gasteiger partial charge in [0, 0.05) is 23.0 Å². The lowest BCUT2D eigenvalue weighted by atomic mass is 9.86. The van der Waals surface area contributed by atoms with E-state index in [1.807, 2.05) is 0 Å². The molecule has 2 atom stereocenters. The topological polar surface area (TPSA) is 50.4 Å². The van der Waals surface area contributed by atoms with Gasteiger partial charge in [-0.15, -0.1) is 24.0 Å². The minimum Gasteiger partial charge on any atom is -0.370 e. The number of hydrogen-bond acceptors (Lipinski definition) is 1. The molecule has 3 nitrogen and oxygen atoms in total. The zero-order valence-corrected chi connectivity index (χ0v) is 15.3. The number of benzene rings is 1. The quantitative estimate of drug-likeness (QED) is 0.419. The summed E-state index contributed by atoms with van der Waals surface area (Å²) in [6.45, 7) is 0.897. The summed E-state index contributed by atoms with van der Waals surface area (Å²) in [6, 6.07) is 9.01. The van der Waals surface area contributed by atoms with Crippen molar-refractivity contribution in [1.82, 2.24) is 5.32 Å². The van der Waals surface area contributed by atoms with Gasteiger partial charge in [-0.2, -0.15) is 0 Å². The van der Waals surface area contributed by atoms with Crippen molar-refractivity contribution in [1.29, 1.82) is 0 Å². The molecule has 0 saturated heterocycles. The second-order valence-electron chi connectivity index (χ2n) is 5.67. The van der Waals surface area contributed by atoms with Gasteiger partial charge in [0.05, 0.1) is 0 Å². The third kappa shape index (κ3) is 4.10. The van der Waals surface area contributed by atoms with E-state index in [4.69, 9.17) is 5.73 Å². The molecule has 2 aliphatic rings. The molecule has 2 saturated carbocycles. The predicted molar refractivity (Wildman–Crippen MR) is 97.7 cm³/mol. The molecule has 0 aromatic heterocycles. The van der Waals surface area contributed by atoms with Gasteiger partial charge < -0.3 is 11.1 Å². The average Bonchev–Trinajstić information content (AvgIpc) is 3.07. The fourth-order valence-electron chi connectivity index (χ4n) is 2.57. The highest BCUT2D eigenvalue weighted by atomic mass is 127. The average molecular weight is 450 g/mol. The number of rotatable bonds is 4. The van der Waals surface area contributed by atoms with Gasteiger partial charge in [-0.1, -0.05) is 34.5 Å². The van der Waals surface area contributed by atoms with E-state index in [-0.39, 0.29) is 24.0 Å². The fraction of sp³-hybridized carbons (Fsp3) is 0.533. The van der Waals surface area contributed by atoms with E-state index in [0.717, 1.165) is 23.4 Å². The molecule has 0 spiro atoms. The lowest BCUT2D eigenvalue weighted by molar-refractivity contribution is 0.326. The Morgan fingerprint density at radius 2 is 2.00 bits per heavy atom. The SMILES string of the molecule is I.NC(=NCC1CCC1)N[C@@H]1C[C@H]1c1ccc(Br)cc1. The van der Waals surface area contributed by atoms with Crippen molar-refractivity contribution in [2.75, 3.05) is 6.54 Å². The van der Waals surface area contributed by atoms with Gasteiger partial charge in [0.1, 0.15) is 0 Å². The molecule has 3 N–H and O–H groups in total. The zero-order valence-electron chi connectivity index (χ0n) is 11.4. The molecule has 0 heterocycles. The Bertz CT molecular complexity index is 471. The Labute approximate surface area is 146 Å². The molecule has 3 rings (SSSR count). The number of hydrogen-bond donors (Lipinski definition) is 2. The van der Waals surface area contributed by atoms with Gasteiger partial charge in [-0.05, 0) is 42.9 Å². The monoisotopic (exact) mass is 449 g/mol. The van der Waals surface area contributed by atoms with Crippen LogP contribution in [-0.2, 0) is 0 Å². The molecule has 1 aromatic carbocycles. The maximum atomic E-state index is 5.94. The molecule has 0 amide bonds. The molecule has 0 radical (unpaired) electrons. The third-order valence-electron chi connectivity index (χ3n) is 4.17. The molecule has 2 fully saturated rings. The minimum absolute atomic E-state index is 0. The van der Waals surface area contributed by atoms with Crippen molar-refractivity contribution in [2.24, 2.45) is 16.6 Å². The first-order valence-corrected chi connectivity index (χ1v) is 7.83. The molecular formula is C15H21BrIN3. The van der Waals surface area contributed by atoms with Gasteiger partial charge in [0.25, 0.3) is 0 Å². The van der Waals surface area contributed by atoms with Crippen LogP contribution in [0.15, 0.2) is 33.7 Å². The highest BCUT2D eigenvalue weighted by Gasteiger charge is 2.38. The molecule has 0 aliphatic heterocycles. The van der Waals surface area contributed by atoms with Crippen LogP contribution in [0.3, 0.4) is 0 Å². The number of nitrogens with two attached hydrogens (primary N) is 1. The van der Waals surface area contributed by atoms with Crippen molar-refractivity contribution < 1.29 is 0 Å². The summed E-state index contributed by atoms with van der Waals surface area (Å²) in [5, 5.41) is 3.34. The largest absolute Gasteiger partial charge is 0.370 e. The Morgan fingerprint density at radius 1 is 1.30 bits per heavy atom. The summed E-state index contributed by atoms with van der Waals surface area (Å²) >= 11 is 3.46. The summed E-state index contributed by atoms with van der Waals surface area (Å²) in [5.74, 6) is 1.99. The smallest absolute Gasteiger partial charge is 0.188 e. The lowest BCUT2D eigenvalue weighted by Crippen LogP contribution is -2.35. The molecule has 5 heteroatoms. The van der Waals surface area contributed by atoms with Crippen LogP contribution in [0.25, 0.3) is 0 Å². The van der Waals surface area contributed by atoms with Crippen molar-refractivity contribution in [3.63, 3.8) is 0 Å². The lowest BCUT2D eigenvalue weighted by Gasteiger charge is -2.23.